The number of nitrogens with one attached hydrogen (secondary N) is 1. The number of piperazine rings is 1. The van der Waals surface area contributed by atoms with Gasteiger partial charge in [-0.2, -0.15) is 0 Å². The lowest BCUT2D eigenvalue weighted by Crippen LogP contribution is -2.52. The molecule has 16 heavy (non-hydrogen) atoms. The van der Waals surface area contributed by atoms with Gasteiger partial charge in [0.15, 0.2) is 0 Å². The Morgan fingerprint density at radius 1 is 1.19 bits per heavy atom. The fraction of sp³-hybridized carbons (Fsp3) is 0.909. The zero-order valence-electron chi connectivity index (χ0n) is 10.6. The summed E-state index contributed by atoms with van der Waals surface area (Å²) in [6.07, 6.45) is 0.484. The van der Waals surface area contributed by atoms with Gasteiger partial charge in [-0.3, -0.25) is 20.0 Å². The Balaban J connectivity index is 2.32. The summed E-state index contributed by atoms with van der Waals surface area (Å²) in [5.74, 6) is 5.00. The van der Waals surface area contributed by atoms with E-state index >= 15 is 0 Å². The van der Waals surface area contributed by atoms with E-state index < -0.39 is 0 Å². The van der Waals surface area contributed by atoms with Crippen molar-refractivity contribution in [2.45, 2.75) is 39.3 Å². The minimum atomic E-state index is -0.0845. The second-order valence-corrected chi connectivity index (χ2v) is 4.79. The molecule has 0 radical (unpaired) electrons. The molecule has 0 saturated carbocycles. The number of hydrogen-bond donors (Lipinski definition) is 2. The number of carbonyl (C=O) groups excluding carboxylic acids is 1. The molecule has 0 aromatic heterocycles. The highest BCUT2D eigenvalue weighted by molar-refractivity contribution is 5.75. The molecule has 1 amide bonds. The van der Waals surface area contributed by atoms with Crippen LogP contribution in [0, 0.1) is 0 Å². The van der Waals surface area contributed by atoms with E-state index in [0.29, 0.717) is 12.5 Å². The highest BCUT2D eigenvalue weighted by atomic mass is 16.2. The number of rotatable bonds is 4. The summed E-state index contributed by atoms with van der Waals surface area (Å²) in [5.41, 5.74) is 2.19. The molecule has 3 N–H and O–H groups in total. The van der Waals surface area contributed by atoms with Crippen molar-refractivity contribution in [1.29, 1.82) is 0 Å². The van der Waals surface area contributed by atoms with Gasteiger partial charge in [-0.15, -0.1) is 0 Å². The second-order valence-electron chi connectivity index (χ2n) is 4.79. The molecule has 0 aromatic rings. The van der Waals surface area contributed by atoms with E-state index in [0.717, 1.165) is 26.2 Å². The first-order valence-corrected chi connectivity index (χ1v) is 6.02. The van der Waals surface area contributed by atoms with Gasteiger partial charge in [-0.1, -0.05) is 0 Å². The minimum Gasteiger partial charge on any atom is -0.298 e. The summed E-state index contributed by atoms with van der Waals surface area (Å²) in [6, 6.07) is 0.891. The Bertz CT molecular complexity index is 224. The quantitative estimate of drug-likeness (QED) is 0.397. The zero-order valence-corrected chi connectivity index (χ0v) is 10.6. The molecule has 1 aliphatic heterocycles. The van der Waals surface area contributed by atoms with Crippen molar-refractivity contribution in [2.24, 2.45) is 5.84 Å². The molecule has 94 valence electrons. The van der Waals surface area contributed by atoms with Crippen LogP contribution in [0.4, 0.5) is 0 Å². The predicted octanol–water partition coefficient (Wildman–Crippen LogP) is -0.219. The molecule has 5 nitrogen and oxygen atoms in total. The summed E-state index contributed by atoms with van der Waals surface area (Å²) in [7, 11) is 0. The smallest absolute Gasteiger partial charge is 0.235 e. The number of nitrogens with two attached hydrogens (primary N) is 1. The van der Waals surface area contributed by atoms with E-state index in [1.165, 1.54) is 0 Å². The number of hydrogen-bond acceptors (Lipinski definition) is 4. The lowest BCUT2D eigenvalue weighted by molar-refractivity contribution is -0.122. The van der Waals surface area contributed by atoms with Crippen LogP contribution in [0.3, 0.4) is 0 Å². The first-order chi connectivity index (χ1) is 7.54. The van der Waals surface area contributed by atoms with Crippen LogP contribution in [-0.4, -0.2) is 54.0 Å². The van der Waals surface area contributed by atoms with Gasteiger partial charge in [0.25, 0.3) is 0 Å². The zero-order chi connectivity index (χ0) is 12.1. The van der Waals surface area contributed by atoms with Gasteiger partial charge >= 0.3 is 0 Å². The Labute approximate surface area is 97.9 Å². The van der Waals surface area contributed by atoms with Gasteiger partial charge in [-0.25, -0.2) is 5.84 Å². The first-order valence-electron chi connectivity index (χ1n) is 6.02. The van der Waals surface area contributed by atoms with E-state index in [2.05, 4.69) is 36.0 Å². The average molecular weight is 228 g/mol. The number of amides is 1. The van der Waals surface area contributed by atoms with Gasteiger partial charge in [0, 0.05) is 44.7 Å². The van der Waals surface area contributed by atoms with Crippen LogP contribution < -0.4 is 11.3 Å². The summed E-state index contributed by atoms with van der Waals surface area (Å²) in [4.78, 5) is 16.0. The van der Waals surface area contributed by atoms with E-state index in [-0.39, 0.29) is 11.9 Å². The fourth-order valence-corrected chi connectivity index (χ4v) is 2.15. The predicted molar refractivity (Wildman–Crippen MR) is 64.7 cm³/mol. The van der Waals surface area contributed by atoms with Crippen LogP contribution in [0.1, 0.15) is 27.2 Å². The molecule has 0 spiro atoms. The molecule has 1 rings (SSSR count). The van der Waals surface area contributed by atoms with Gasteiger partial charge in [-0.05, 0) is 20.8 Å². The maximum absolute atomic E-state index is 11.2. The first kappa shape index (κ1) is 13.4. The largest absolute Gasteiger partial charge is 0.298 e. The Kier molecular flexibility index (Phi) is 5.18. The molecular weight excluding hydrogens is 204 g/mol. The van der Waals surface area contributed by atoms with Gasteiger partial charge in [0.05, 0.1) is 0 Å². The minimum absolute atomic E-state index is 0.0845. The topological polar surface area (TPSA) is 61.6 Å². The van der Waals surface area contributed by atoms with Crippen molar-refractivity contribution in [1.82, 2.24) is 15.2 Å². The van der Waals surface area contributed by atoms with Crippen molar-refractivity contribution < 1.29 is 4.79 Å². The lowest BCUT2D eigenvalue weighted by atomic mass is 10.1. The standard InChI is InChI=1S/C11H24N4O/c1-9(2)14-4-6-15(7-5-14)10(3)8-11(16)13-12/h9-10H,4-8,12H2,1-3H3,(H,13,16). The Morgan fingerprint density at radius 3 is 2.12 bits per heavy atom. The van der Waals surface area contributed by atoms with Gasteiger partial charge < -0.3 is 0 Å². The third-order valence-electron chi connectivity index (χ3n) is 3.34. The monoisotopic (exact) mass is 228 g/mol. The van der Waals surface area contributed by atoms with Crippen LogP contribution >= 0.6 is 0 Å². The molecular formula is C11H24N4O. The van der Waals surface area contributed by atoms with Gasteiger partial charge in [0.2, 0.25) is 5.91 Å². The van der Waals surface area contributed by atoms with Crippen molar-refractivity contribution in [3.63, 3.8) is 0 Å². The molecule has 1 heterocycles. The van der Waals surface area contributed by atoms with Crippen LogP contribution in [0.5, 0.6) is 0 Å². The average Bonchev–Trinajstić information content (AvgIpc) is 2.28. The molecule has 1 atom stereocenters. The molecule has 1 unspecified atom stereocenters. The Hall–Kier alpha value is -0.650. The van der Waals surface area contributed by atoms with Crippen molar-refractivity contribution in [3.8, 4) is 0 Å². The lowest BCUT2D eigenvalue weighted by Gasteiger charge is -2.39. The maximum Gasteiger partial charge on any atom is 0.235 e. The SMILES string of the molecule is CC(C)N1CCN(C(C)CC(=O)NN)CC1. The maximum atomic E-state index is 11.2. The van der Waals surface area contributed by atoms with Crippen molar-refractivity contribution >= 4 is 5.91 Å². The summed E-state index contributed by atoms with van der Waals surface area (Å²) >= 11 is 0. The van der Waals surface area contributed by atoms with Crippen molar-refractivity contribution in [3.05, 3.63) is 0 Å². The van der Waals surface area contributed by atoms with E-state index in [4.69, 9.17) is 5.84 Å². The molecule has 0 aliphatic carbocycles. The highest BCUT2D eigenvalue weighted by Crippen LogP contribution is 2.10. The van der Waals surface area contributed by atoms with Crippen LogP contribution in [-0.2, 0) is 4.79 Å². The highest BCUT2D eigenvalue weighted by Gasteiger charge is 2.23. The van der Waals surface area contributed by atoms with E-state index in [1.54, 1.807) is 0 Å². The molecule has 0 aromatic carbocycles. The summed E-state index contributed by atoms with van der Waals surface area (Å²) in [6.45, 7) is 10.8. The number of carbonyl (C=O) groups is 1. The van der Waals surface area contributed by atoms with Crippen LogP contribution in [0.2, 0.25) is 0 Å². The Morgan fingerprint density at radius 2 is 1.69 bits per heavy atom. The second kappa shape index (κ2) is 6.18. The summed E-state index contributed by atoms with van der Waals surface area (Å²) < 4.78 is 0. The summed E-state index contributed by atoms with van der Waals surface area (Å²) in [5, 5.41) is 0. The normalized spacial score (nSPS) is 21.1. The van der Waals surface area contributed by atoms with Gasteiger partial charge in [0.1, 0.15) is 0 Å². The molecule has 0 bridgehead atoms. The van der Waals surface area contributed by atoms with Crippen LogP contribution in [0.15, 0.2) is 0 Å². The molecule has 1 aliphatic rings. The van der Waals surface area contributed by atoms with E-state index in [9.17, 15) is 4.79 Å². The third kappa shape index (κ3) is 3.73. The molecule has 1 fully saturated rings. The number of hydrazine groups is 1. The molecule has 5 heteroatoms. The fourth-order valence-electron chi connectivity index (χ4n) is 2.15. The number of nitrogens with zero attached hydrogens (tertiary/aromatic N) is 2. The van der Waals surface area contributed by atoms with E-state index in [1.807, 2.05) is 0 Å². The molecule has 1 saturated heterocycles. The van der Waals surface area contributed by atoms with Crippen LogP contribution in [0.25, 0.3) is 0 Å². The van der Waals surface area contributed by atoms with Crippen molar-refractivity contribution in [2.75, 3.05) is 26.2 Å². The third-order valence-corrected chi connectivity index (χ3v) is 3.34.